The van der Waals surface area contributed by atoms with E-state index >= 15 is 0 Å². The van der Waals surface area contributed by atoms with Crippen molar-refractivity contribution >= 4 is 39.0 Å². The Balaban J connectivity index is 1.59. The summed E-state index contributed by atoms with van der Waals surface area (Å²) in [7, 11) is 0. The summed E-state index contributed by atoms with van der Waals surface area (Å²) in [6, 6.07) is 30.3. The molecule has 4 aromatic carbocycles. The molecular weight excluding hydrogens is 416 g/mol. The highest BCUT2D eigenvalue weighted by atomic mass is 16.3. The first-order chi connectivity index (χ1) is 16.4. The highest BCUT2D eigenvalue weighted by molar-refractivity contribution is 6.10. The number of aryl methyl sites for hydroxylation is 2. The lowest BCUT2D eigenvalue weighted by molar-refractivity contribution is 0.446. The van der Waals surface area contributed by atoms with Gasteiger partial charge in [0.1, 0.15) is 11.7 Å². The van der Waals surface area contributed by atoms with Gasteiger partial charge in [-0.25, -0.2) is 0 Å². The Labute approximate surface area is 201 Å². The van der Waals surface area contributed by atoms with Crippen LogP contribution in [-0.4, -0.2) is 6.17 Å². The molecule has 0 fully saturated rings. The lowest BCUT2D eigenvalue weighted by Gasteiger charge is -2.43. The van der Waals surface area contributed by atoms with Crippen LogP contribution in [0.15, 0.2) is 89.3 Å². The van der Waals surface area contributed by atoms with Gasteiger partial charge in [0.25, 0.3) is 0 Å². The van der Waals surface area contributed by atoms with Crippen LogP contribution < -0.4 is 9.80 Å². The van der Waals surface area contributed by atoms with Gasteiger partial charge in [0.05, 0.1) is 22.6 Å². The molecule has 3 heteroatoms. The van der Waals surface area contributed by atoms with Gasteiger partial charge in [-0.1, -0.05) is 66.7 Å². The van der Waals surface area contributed by atoms with E-state index in [0.29, 0.717) is 0 Å². The van der Waals surface area contributed by atoms with Crippen LogP contribution in [0.1, 0.15) is 37.5 Å². The van der Waals surface area contributed by atoms with Gasteiger partial charge in [-0.15, -0.1) is 0 Å². The number of para-hydroxylation sites is 3. The maximum atomic E-state index is 6.50. The van der Waals surface area contributed by atoms with Crippen LogP contribution in [0.5, 0.6) is 0 Å². The normalized spacial score (nSPS) is 16.0. The zero-order valence-corrected chi connectivity index (χ0v) is 20.5. The number of nitrogens with zero attached hydrogens (tertiary/aromatic N) is 2. The zero-order valence-electron chi connectivity index (χ0n) is 20.5. The molecule has 0 spiro atoms. The Morgan fingerprint density at radius 1 is 0.706 bits per heavy atom. The van der Waals surface area contributed by atoms with E-state index in [-0.39, 0.29) is 11.7 Å². The van der Waals surface area contributed by atoms with Gasteiger partial charge in [-0.2, -0.15) is 0 Å². The van der Waals surface area contributed by atoms with E-state index in [9.17, 15) is 0 Å². The van der Waals surface area contributed by atoms with Gasteiger partial charge in [-0.05, 0) is 69.5 Å². The molecule has 5 aromatic rings. The van der Waals surface area contributed by atoms with Gasteiger partial charge in [-0.3, -0.25) is 0 Å². The molecule has 0 saturated carbocycles. The van der Waals surface area contributed by atoms with E-state index in [1.54, 1.807) is 0 Å². The molecule has 1 aliphatic rings. The van der Waals surface area contributed by atoms with Crippen LogP contribution >= 0.6 is 0 Å². The minimum Gasteiger partial charge on any atom is -0.454 e. The monoisotopic (exact) mass is 446 g/mol. The van der Waals surface area contributed by atoms with E-state index < -0.39 is 0 Å². The third-order valence-electron chi connectivity index (χ3n) is 7.52. The molecule has 6 rings (SSSR count). The predicted octanol–water partition coefficient (Wildman–Crippen LogP) is 8.44. The second kappa shape index (κ2) is 7.39. The number of furan rings is 1. The fourth-order valence-electron chi connectivity index (χ4n) is 6.03. The van der Waals surface area contributed by atoms with Crippen LogP contribution in [0.4, 0.5) is 17.1 Å². The molecule has 0 unspecified atom stereocenters. The molecule has 170 valence electrons. The molecule has 0 N–H and O–H groups in total. The fourth-order valence-corrected chi connectivity index (χ4v) is 6.03. The van der Waals surface area contributed by atoms with Crippen molar-refractivity contribution in [1.82, 2.24) is 0 Å². The predicted molar refractivity (Wildman–Crippen MR) is 143 cm³/mol. The summed E-state index contributed by atoms with van der Waals surface area (Å²) >= 11 is 0. The Morgan fingerprint density at radius 3 is 2.18 bits per heavy atom. The average molecular weight is 447 g/mol. The van der Waals surface area contributed by atoms with Crippen molar-refractivity contribution in [3.05, 3.63) is 102 Å². The molecule has 0 aliphatic carbocycles. The smallest absolute Gasteiger partial charge is 0.159 e. The van der Waals surface area contributed by atoms with Crippen molar-refractivity contribution in [2.45, 2.75) is 46.3 Å². The average Bonchev–Trinajstić information content (AvgIpc) is 3.34. The third-order valence-corrected chi connectivity index (χ3v) is 7.52. The summed E-state index contributed by atoms with van der Waals surface area (Å²) in [6.45, 7) is 11.4. The molecule has 1 atom stereocenters. The summed E-state index contributed by atoms with van der Waals surface area (Å²) in [5.41, 5.74) is 9.16. The largest absolute Gasteiger partial charge is 0.454 e. The lowest BCUT2D eigenvalue weighted by atomic mass is 9.88. The molecule has 0 amide bonds. The summed E-state index contributed by atoms with van der Waals surface area (Å²) in [5, 5.41) is 2.33. The lowest BCUT2D eigenvalue weighted by Crippen LogP contribution is -2.49. The van der Waals surface area contributed by atoms with Gasteiger partial charge in [0.2, 0.25) is 0 Å². The number of rotatable bonds is 3. The number of anilines is 3. The van der Waals surface area contributed by atoms with E-state index in [4.69, 9.17) is 4.42 Å². The van der Waals surface area contributed by atoms with E-state index in [2.05, 4.69) is 123 Å². The Kier molecular flexibility index (Phi) is 4.54. The van der Waals surface area contributed by atoms with Gasteiger partial charge in [0, 0.05) is 10.8 Å². The Bertz CT molecular complexity index is 1540. The summed E-state index contributed by atoms with van der Waals surface area (Å²) in [4.78, 5) is 5.03. The summed E-state index contributed by atoms with van der Waals surface area (Å²) in [6.07, 6.45) is 0.101. The highest BCUT2D eigenvalue weighted by Gasteiger charge is 2.43. The van der Waals surface area contributed by atoms with E-state index in [1.807, 2.05) is 6.07 Å². The number of hydrogen-bond donors (Lipinski definition) is 0. The molecule has 0 saturated heterocycles. The number of benzene rings is 4. The summed E-state index contributed by atoms with van der Waals surface area (Å²) < 4.78 is 6.50. The van der Waals surface area contributed by atoms with Crippen LogP contribution in [0, 0.1) is 13.8 Å². The van der Waals surface area contributed by atoms with Gasteiger partial charge in [0.15, 0.2) is 5.58 Å². The first-order valence-corrected chi connectivity index (χ1v) is 12.0. The van der Waals surface area contributed by atoms with Crippen molar-refractivity contribution in [3.8, 4) is 0 Å². The van der Waals surface area contributed by atoms with Crippen molar-refractivity contribution in [2.24, 2.45) is 0 Å². The first-order valence-electron chi connectivity index (χ1n) is 12.0. The third kappa shape index (κ3) is 2.83. The molecule has 34 heavy (non-hydrogen) atoms. The number of fused-ring (bicyclic) bond motifs is 4. The van der Waals surface area contributed by atoms with Crippen LogP contribution in [0.3, 0.4) is 0 Å². The van der Waals surface area contributed by atoms with Crippen molar-refractivity contribution in [3.63, 3.8) is 0 Å². The van der Waals surface area contributed by atoms with Crippen molar-refractivity contribution in [2.75, 3.05) is 9.80 Å². The van der Waals surface area contributed by atoms with Crippen LogP contribution in [-0.2, 0) is 5.54 Å². The second-order valence-corrected chi connectivity index (χ2v) is 9.94. The molecule has 0 bridgehead atoms. The topological polar surface area (TPSA) is 19.6 Å². The van der Waals surface area contributed by atoms with E-state index in [1.165, 1.54) is 28.1 Å². The molecule has 3 nitrogen and oxygen atoms in total. The fraction of sp³-hybridized carbons (Fsp3) is 0.226. The molecule has 0 radical (unpaired) electrons. The SMILES string of the molecule is Cc1ccccc1C(C)(C)N1c2ccccc2N(c2c(C)ccc3c2oc2ccccc23)[C@H]1C. The molecule has 1 aromatic heterocycles. The second-order valence-electron chi connectivity index (χ2n) is 9.94. The minimum atomic E-state index is -0.203. The highest BCUT2D eigenvalue weighted by Crippen LogP contribution is 2.52. The first kappa shape index (κ1) is 20.9. The van der Waals surface area contributed by atoms with Gasteiger partial charge >= 0.3 is 0 Å². The molecular formula is C31H30N2O. The quantitative estimate of drug-likeness (QED) is 0.277. The standard InChI is InChI=1S/C31H30N2O/c1-20-12-6-8-14-25(20)31(4,5)33-22(3)32(26-15-9-10-16-27(26)33)29-21(2)18-19-24-23-13-7-11-17-28(23)34-30(24)29/h6-19,22H,1-5H3/t22-/m1/s1. The van der Waals surface area contributed by atoms with Crippen LogP contribution in [0.2, 0.25) is 0 Å². The number of hydrogen-bond acceptors (Lipinski definition) is 3. The zero-order chi connectivity index (χ0) is 23.6. The Hall–Kier alpha value is -3.72. The maximum absolute atomic E-state index is 6.50. The maximum Gasteiger partial charge on any atom is 0.159 e. The minimum absolute atomic E-state index is 0.101. The van der Waals surface area contributed by atoms with Crippen molar-refractivity contribution < 1.29 is 4.42 Å². The Morgan fingerprint density at radius 2 is 1.38 bits per heavy atom. The van der Waals surface area contributed by atoms with Crippen molar-refractivity contribution in [1.29, 1.82) is 0 Å². The molecule has 2 heterocycles. The summed E-state index contributed by atoms with van der Waals surface area (Å²) in [5.74, 6) is 0. The molecule has 1 aliphatic heterocycles. The van der Waals surface area contributed by atoms with Gasteiger partial charge < -0.3 is 14.2 Å². The van der Waals surface area contributed by atoms with Crippen LogP contribution in [0.25, 0.3) is 21.9 Å². The van der Waals surface area contributed by atoms with E-state index in [0.717, 1.165) is 27.6 Å².